The topological polar surface area (TPSA) is 88.9 Å². The van der Waals surface area contributed by atoms with Crippen LogP contribution >= 0.6 is 0 Å². The second kappa shape index (κ2) is 6.04. The molecule has 2 aliphatic heterocycles. The molecule has 1 amide bonds. The fourth-order valence-corrected chi connectivity index (χ4v) is 2.80. The Morgan fingerprint density at radius 3 is 2.56 bits per heavy atom. The maximum atomic E-state index is 11.9. The maximum Gasteiger partial charge on any atom is 0.253 e. The zero-order valence-corrected chi connectivity index (χ0v) is 13.9. The minimum atomic E-state index is -0.141. The monoisotopic (exact) mass is 339 g/mol. The number of aliphatic imine (C=N–C) groups is 1. The van der Waals surface area contributed by atoms with E-state index in [1.54, 1.807) is 4.90 Å². The van der Waals surface area contributed by atoms with Crippen LogP contribution in [0.4, 0.5) is 11.6 Å². The first kappa shape index (κ1) is 15.4. The number of amides is 1. The van der Waals surface area contributed by atoms with E-state index in [4.69, 9.17) is 9.47 Å². The molecule has 4 rings (SSSR count). The van der Waals surface area contributed by atoms with E-state index in [-0.39, 0.29) is 12.5 Å². The van der Waals surface area contributed by atoms with Crippen molar-refractivity contribution in [1.29, 1.82) is 0 Å². The first-order valence-corrected chi connectivity index (χ1v) is 7.96. The van der Waals surface area contributed by atoms with Gasteiger partial charge in [-0.25, -0.2) is 9.97 Å². The lowest BCUT2D eigenvalue weighted by atomic mass is 10.2. The highest BCUT2D eigenvalue weighted by Gasteiger charge is 2.28. The minimum absolute atomic E-state index is 0.141. The number of ether oxygens (including phenoxy) is 2. The number of rotatable bonds is 2. The molecule has 2 aliphatic rings. The van der Waals surface area contributed by atoms with Gasteiger partial charge in [-0.1, -0.05) is 0 Å². The molecular weight excluding hydrogens is 322 g/mol. The van der Waals surface area contributed by atoms with E-state index in [1.807, 2.05) is 38.1 Å². The van der Waals surface area contributed by atoms with E-state index in [0.717, 1.165) is 17.1 Å². The minimum Gasteiger partial charge on any atom is -0.486 e. The van der Waals surface area contributed by atoms with Crippen molar-refractivity contribution in [3.05, 3.63) is 35.7 Å². The molecule has 8 heteroatoms. The largest absolute Gasteiger partial charge is 0.486 e. The second-order valence-corrected chi connectivity index (χ2v) is 5.85. The summed E-state index contributed by atoms with van der Waals surface area (Å²) in [5, 5.41) is 2.75. The number of guanidine groups is 1. The summed E-state index contributed by atoms with van der Waals surface area (Å²) in [6.45, 7) is 4.97. The summed E-state index contributed by atoms with van der Waals surface area (Å²) in [6, 6.07) is 7.41. The molecule has 0 atom stereocenters. The normalized spacial score (nSPS) is 17.8. The number of hydrogen-bond acceptors (Lipinski definition) is 6. The molecule has 0 aliphatic carbocycles. The van der Waals surface area contributed by atoms with Gasteiger partial charge in [-0.3, -0.25) is 10.1 Å². The molecular formula is C17H17N5O3. The van der Waals surface area contributed by atoms with Gasteiger partial charge < -0.3 is 14.4 Å². The van der Waals surface area contributed by atoms with Crippen LogP contribution in [0.2, 0.25) is 0 Å². The van der Waals surface area contributed by atoms with Crippen LogP contribution in [0.25, 0.3) is 0 Å². The van der Waals surface area contributed by atoms with Gasteiger partial charge in [0.05, 0.1) is 0 Å². The predicted octanol–water partition coefficient (Wildman–Crippen LogP) is 1.49. The number of carbonyl (C=O) groups is 1. The number of benzene rings is 1. The fourth-order valence-electron chi connectivity index (χ4n) is 2.80. The summed E-state index contributed by atoms with van der Waals surface area (Å²) in [7, 11) is 0. The van der Waals surface area contributed by atoms with Crippen molar-refractivity contribution in [2.75, 3.05) is 24.7 Å². The number of anilines is 1. The van der Waals surface area contributed by atoms with Crippen LogP contribution in [0.1, 0.15) is 11.4 Å². The SMILES string of the molecule is Cc1cc(C)nc(/N=C2\NC(=O)CN2c2ccc3c(c2)OCCO3)n1. The number of nitrogens with zero attached hydrogens (tertiary/aromatic N) is 4. The van der Waals surface area contributed by atoms with Gasteiger partial charge in [-0.2, -0.15) is 4.99 Å². The molecule has 3 heterocycles. The van der Waals surface area contributed by atoms with Crippen LogP contribution in [0, 0.1) is 13.8 Å². The van der Waals surface area contributed by atoms with Gasteiger partial charge in [0, 0.05) is 23.1 Å². The number of hydrogen-bond donors (Lipinski definition) is 1. The van der Waals surface area contributed by atoms with Gasteiger partial charge in [-0.15, -0.1) is 0 Å². The van der Waals surface area contributed by atoms with Crippen molar-refractivity contribution in [1.82, 2.24) is 15.3 Å². The molecule has 0 radical (unpaired) electrons. The highest BCUT2D eigenvalue weighted by molar-refractivity contribution is 6.15. The van der Waals surface area contributed by atoms with Crippen molar-refractivity contribution in [2.24, 2.45) is 4.99 Å². The van der Waals surface area contributed by atoms with Crippen LogP contribution in [-0.4, -0.2) is 41.6 Å². The Bertz CT molecular complexity index is 860. The van der Waals surface area contributed by atoms with Crippen molar-refractivity contribution < 1.29 is 14.3 Å². The summed E-state index contributed by atoms with van der Waals surface area (Å²) in [5.74, 6) is 1.93. The Kier molecular flexibility index (Phi) is 3.72. The average molecular weight is 339 g/mol. The lowest BCUT2D eigenvalue weighted by molar-refractivity contribution is -0.117. The van der Waals surface area contributed by atoms with Gasteiger partial charge in [-0.05, 0) is 32.0 Å². The summed E-state index contributed by atoms with van der Waals surface area (Å²) < 4.78 is 11.1. The molecule has 25 heavy (non-hydrogen) atoms. The molecule has 1 N–H and O–H groups in total. The average Bonchev–Trinajstić information content (AvgIpc) is 2.94. The number of aryl methyl sites for hydroxylation is 2. The molecule has 0 bridgehead atoms. The van der Waals surface area contributed by atoms with E-state index in [9.17, 15) is 4.79 Å². The third-order valence-electron chi connectivity index (χ3n) is 3.82. The summed E-state index contributed by atoms with van der Waals surface area (Å²) in [5.41, 5.74) is 2.43. The van der Waals surface area contributed by atoms with Crippen LogP contribution < -0.4 is 19.7 Å². The zero-order valence-electron chi connectivity index (χ0n) is 13.9. The Hall–Kier alpha value is -3.16. The van der Waals surface area contributed by atoms with E-state index in [2.05, 4.69) is 20.3 Å². The highest BCUT2D eigenvalue weighted by atomic mass is 16.6. The van der Waals surface area contributed by atoms with Crippen LogP contribution in [-0.2, 0) is 4.79 Å². The first-order chi connectivity index (χ1) is 12.1. The molecule has 1 fully saturated rings. The molecule has 0 spiro atoms. The van der Waals surface area contributed by atoms with Crippen LogP contribution in [0.3, 0.4) is 0 Å². The van der Waals surface area contributed by atoms with Gasteiger partial charge in [0.1, 0.15) is 19.8 Å². The molecule has 1 aromatic carbocycles. The lowest BCUT2D eigenvalue weighted by Gasteiger charge is -2.22. The number of aromatic nitrogens is 2. The number of carbonyl (C=O) groups excluding carboxylic acids is 1. The van der Waals surface area contributed by atoms with Gasteiger partial charge >= 0.3 is 0 Å². The Labute approximate surface area is 144 Å². The third-order valence-corrected chi connectivity index (χ3v) is 3.82. The Balaban J connectivity index is 1.70. The molecule has 1 aromatic heterocycles. The molecule has 1 saturated heterocycles. The predicted molar refractivity (Wildman–Crippen MR) is 91.5 cm³/mol. The van der Waals surface area contributed by atoms with Gasteiger partial charge in [0.2, 0.25) is 11.9 Å². The fraction of sp³-hybridized carbons (Fsp3) is 0.294. The third kappa shape index (κ3) is 3.10. The smallest absolute Gasteiger partial charge is 0.253 e. The second-order valence-electron chi connectivity index (χ2n) is 5.85. The van der Waals surface area contributed by atoms with E-state index in [0.29, 0.717) is 36.6 Å². The molecule has 0 unspecified atom stereocenters. The first-order valence-electron chi connectivity index (χ1n) is 7.96. The van der Waals surface area contributed by atoms with Crippen molar-refractivity contribution in [3.8, 4) is 11.5 Å². The summed E-state index contributed by atoms with van der Waals surface area (Å²) >= 11 is 0. The number of nitrogens with one attached hydrogen (secondary N) is 1. The Morgan fingerprint density at radius 2 is 1.80 bits per heavy atom. The van der Waals surface area contributed by atoms with Crippen molar-refractivity contribution in [3.63, 3.8) is 0 Å². The quantitative estimate of drug-likeness (QED) is 0.892. The molecule has 2 aromatic rings. The Morgan fingerprint density at radius 1 is 1.08 bits per heavy atom. The van der Waals surface area contributed by atoms with Gasteiger partial charge in [0.15, 0.2) is 11.5 Å². The number of fused-ring (bicyclic) bond motifs is 1. The summed E-state index contributed by atoms with van der Waals surface area (Å²) in [4.78, 5) is 26.7. The van der Waals surface area contributed by atoms with Gasteiger partial charge in [0.25, 0.3) is 5.95 Å². The summed E-state index contributed by atoms with van der Waals surface area (Å²) in [6.07, 6.45) is 0. The van der Waals surface area contributed by atoms with Crippen LogP contribution in [0.15, 0.2) is 29.3 Å². The van der Waals surface area contributed by atoms with E-state index < -0.39 is 0 Å². The standard InChI is InChI=1S/C17H17N5O3/c1-10-7-11(2)19-16(18-10)21-17-20-15(23)9-22(17)12-3-4-13-14(8-12)25-6-5-24-13/h3-4,7-8H,5-6,9H2,1-2H3,(H,18,19,20,21,23). The molecule has 8 nitrogen and oxygen atoms in total. The van der Waals surface area contributed by atoms with Crippen molar-refractivity contribution >= 4 is 23.5 Å². The van der Waals surface area contributed by atoms with Crippen LogP contribution in [0.5, 0.6) is 11.5 Å². The molecule has 0 saturated carbocycles. The van der Waals surface area contributed by atoms with Crippen molar-refractivity contribution in [2.45, 2.75) is 13.8 Å². The van der Waals surface area contributed by atoms with E-state index in [1.165, 1.54) is 0 Å². The highest BCUT2D eigenvalue weighted by Crippen LogP contribution is 2.34. The zero-order chi connectivity index (χ0) is 17.4. The maximum absolute atomic E-state index is 11.9. The van der Waals surface area contributed by atoms with E-state index >= 15 is 0 Å². The lowest BCUT2D eigenvalue weighted by Crippen LogP contribution is -2.30. The molecule has 128 valence electrons.